The first-order valence-corrected chi connectivity index (χ1v) is 11.1. The summed E-state index contributed by atoms with van der Waals surface area (Å²) in [7, 11) is -1.61. The molecule has 0 unspecified atom stereocenters. The Balaban J connectivity index is 1.58. The number of anilines is 1. The van der Waals surface area contributed by atoms with Crippen molar-refractivity contribution in [2.24, 2.45) is 0 Å². The van der Waals surface area contributed by atoms with Crippen molar-refractivity contribution in [3.63, 3.8) is 0 Å². The molecule has 2 heterocycles. The smallest absolute Gasteiger partial charge is 0.264 e. The second-order valence-electron chi connectivity index (χ2n) is 7.22. The van der Waals surface area contributed by atoms with Crippen molar-refractivity contribution in [3.8, 4) is 0 Å². The van der Waals surface area contributed by atoms with Crippen molar-refractivity contribution in [1.29, 1.82) is 0 Å². The summed E-state index contributed by atoms with van der Waals surface area (Å²) in [5, 5.41) is 0.493. The Morgan fingerprint density at radius 1 is 0.964 bits per heavy atom. The van der Waals surface area contributed by atoms with Crippen LogP contribution >= 0.6 is 11.6 Å². The Morgan fingerprint density at radius 2 is 1.64 bits per heavy atom. The van der Waals surface area contributed by atoms with Gasteiger partial charge in [-0.2, -0.15) is 0 Å². The molecule has 0 spiro atoms. The maximum Gasteiger partial charge on any atom is 0.264 e. The highest BCUT2D eigenvalue weighted by Crippen LogP contribution is 2.34. The first kappa shape index (κ1) is 19.2. The Morgan fingerprint density at radius 3 is 2.32 bits per heavy atom. The van der Waals surface area contributed by atoms with E-state index in [2.05, 4.69) is 4.90 Å². The third-order valence-corrected chi connectivity index (χ3v) is 7.45. The van der Waals surface area contributed by atoms with Gasteiger partial charge in [0.2, 0.25) is 0 Å². The minimum absolute atomic E-state index is 0.00917. The quantitative estimate of drug-likeness (QED) is 0.766. The third-order valence-electron chi connectivity index (χ3n) is 5.37. The second-order valence-corrected chi connectivity index (χ2v) is 9.52. The Labute approximate surface area is 170 Å². The largest absolute Gasteiger partial charge is 0.336 e. The molecule has 2 aromatic rings. The fourth-order valence-electron chi connectivity index (χ4n) is 3.68. The summed E-state index contributed by atoms with van der Waals surface area (Å²) in [4.78, 5) is 17.1. The fourth-order valence-corrected chi connectivity index (χ4v) is 5.31. The summed E-state index contributed by atoms with van der Waals surface area (Å²) in [5.74, 6) is 0.00917. The molecule has 1 fully saturated rings. The average molecular weight is 420 g/mol. The second kappa shape index (κ2) is 7.39. The molecule has 2 aromatic carbocycles. The number of hydrogen-bond acceptors (Lipinski definition) is 4. The van der Waals surface area contributed by atoms with E-state index >= 15 is 0 Å². The molecule has 0 aromatic heterocycles. The van der Waals surface area contributed by atoms with Crippen LogP contribution in [0.15, 0.2) is 47.4 Å². The number of nitrogens with zero attached hydrogens (tertiary/aromatic N) is 3. The highest BCUT2D eigenvalue weighted by Gasteiger charge is 2.31. The van der Waals surface area contributed by atoms with E-state index in [0.29, 0.717) is 42.3 Å². The number of amides is 1. The van der Waals surface area contributed by atoms with E-state index in [9.17, 15) is 13.2 Å². The summed E-state index contributed by atoms with van der Waals surface area (Å²) in [6.45, 7) is 3.52. The summed E-state index contributed by atoms with van der Waals surface area (Å²) in [6, 6.07) is 11.5. The van der Waals surface area contributed by atoms with Gasteiger partial charge in [0.15, 0.2) is 0 Å². The number of fused-ring (bicyclic) bond motifs is 1. The Bertz CT molecular complexity index is 1000. The number of carbonyl (C=O) groups is 1. The SMILES string of the molecule is CN1CCN(C(=O)c2ccc3c(c2)CCN3S(=O)(=O)c2ccc(Cl)cc2)CC1. The molecule has 0 bridgehead atoms. The molecule has 0 saturated carbocycles. The predicted octanol–water partition coefficient (Wildman–Crippen LogP) is 2.48. The molecule has 0 atom stereocenters. The number of piperazine rings is 1. The van der Waals surface area contributed by atoms with Crippen molar-refractivity contribution < 1.29 is 13.2 Å². The minimum atomic E-state index is -3.65. The van der Waals surface area contributed by atoms with Gasteiger partial charge in [-0.1, -0.05) is 11.6 Å². The Hall–Kier alpha value is -2.09. The standard InChI is InChI=1S/C20H22ClN3O3S/c1-22-10-12-23(13-11-22)20(25)16-2-7-19-15(14-16)8-9-24(19)28(26,27)18-5-3-17(21)4-6-18/h2-7,14H,8-13H2,1H3. The van der Waals surface area contributed by atoms with Crippen LogP contribution in [0, 0.1) is 0 Å². The van der Waals surface area contributed by atoms with Gasteiger partial charge in [0.05, 0.1) is 10.6 Å². The monoisotopic (exact) mass is 419 g/mol. The van der Waals surface area contributed by atoms with Crippen LogP contribution in [0.3, 0.4) is 0 Å². The van der Waals surface area contributed by atoms with E-state index in [0.717, 1.165) is 18.7 Å². The van der Waals surface area contributed by atoms with E-state index in [1.807, 2.05) is 18.0 Å². The molecule has 6 nitrogen and oxygen atoms in total. The van der Waals surface area contributed by atoms with Gasteiger partial charge < -0.3 is 9.80 Å². The third kappa shape index (κ3) is 3.50. The van der Waals surface area contributed by atoms with Crippen LogP contribution < -0.4 is 4.31 Å². The lowest BCUT2D eigenvalue weighted by Crippen LogP contribution is -2.47. The molecule has 1 amide bonds. The van der Waals surface area contributed by atoms with Crippen LogP contribution in [0.4, 0.5) is 5.69 Å². The first-order chi connectivity index (χ1) is 13.4. The van der Waals surface area contributed by atoms with E-state index in [1.54, 1.807) is 24.3 Å². The van der Waals surface area contributed by atoms with E-state index < -0.39 is 10.0 Å². The summed E-state index contributed by atoms with van der Waals surface area (Å²) >= 11 is 5.87. The minimum Gasteiger partial charge on any atom is -0.336 e. The van der Waals surface area contributed by atoms with Gasteiger partial charge in [0, 0.05) is 43.3 Å². The predicted molar refractivity (Wildman–Crippen MR) is 110 cm³/mol. The summed E-state index contributed by atoms with van der Waals surface area (Å²) < 4.78 is 27.4. The van der Waals surface area contributed by atoms with Crippen molar-refractivity contribution in [3.05, 3.63) is 58.6 Å². The van der Waals surface area contributed by atoms with Crippen LogP contribution in [0.25, 0.3) is 0 Å². The molecule has 0 N–H and O–H groups in total. The van der Waals surface area contributed by atoms with Crippen LogP contribution in [0.5, 0.6) is 0 Å². The highest BCUT2D eigenvalue weighted by molar-refractivity contribution is 7.92. The van der Waals surface area contributed by atoms with Crippen LogP contribution in [-0.2, 0) is 16.4 Å². The molecule has 0 radical (unpaired) electrons. The molecule has 1 saturated heterocycles. The molecule has 4 rings (SSSR count). The molecular weight excluding hydrogens is 398 g/mol. The van der Waals surface area contributed by atoms with Gasteiger partial charge in [-0.15, -0.1) is 0 Å². The zero-order chi connectivity index (χ0) is 19.9. The number of halogens is 1. The molecule has 148 valence electrons. The van der Waals surface area contributed by atoms with Gasteiger partial charge in [-0.25, -0.2) is 8.42 Å². The molecular formula is C20H22ClN3O3S. The average Bonchev–Trinajstić information content (AvgIpc) is 3.12. The lowest BCUT2D eigenvalue weighted by Gasteiger charge is -2.32. The first-order valence-electron chi connectivity index (χ1n) is 9.25. The summed E-state index contributed by atoms with van der Waals surface area (Å²) in [5.41, 5.74) is 2.15. The number of rotatable bonds is 3. The number of sulfonamides is 1. The fraction of sp³-hybridized carbons (Fsp3) is 0.350. The topological polar surface area (TPSA) is 60.9 Å². The van der Waals surface area contributed by atoms with Crippen molar-refractivity contribution >= 4 is 33.2 Å². The molecule has 0 aliphatic carbocycles. The molecule has 2 aliphatic heterocycles. The lowest BCUT2D eigenvalue weighted by atomic mass is 10.1. The lowest BCUT2D eigenvalue weighted by molar-refractivity contribution is 0.0664. The number of likely N-dealkylation sites (N-methyl/N-ethyl adjacent to an activating group) is 1. The van der Waals surface area contributed by atoms with Crippen LogP contribution in [0.2, 0.25) is 5.02 Å². The zero-order valence-electron chi connectivity index (χ0n) is 15.6. The van der Waals surface area contributed by atoms with Crippen molar-refractivity contribution in [2.45, 2.75) is 11.3 Å². The van der Waals surface area contributed by atoms with Gasteiger partial charge in [-0.05, 0) is 61.5 Å². The maximum atomic E-state index is 13.0. The maximum absolute atomic E-state index is 13.0. The van der Waals surface area contributed by atoms with E-state index in [1.165, 1.54) is 16.4 Å². The molecule has 2 aliphatic rings. The van der Waals surface area contributed by atoms with E-state index in [4.69, 9.17) is 11.6 Å². The number of carbonyl (C=O) groups excluding carboxylic acids is 1. The number of hydrogen-bond donors (Lipinski definition) is 0. The van der Waals surface area contributed by atoms with Gasteiger partial charge >= 0.3 is 0 Å². The zero-order valence-corrected chi connectivity index (χ0v) is 17.2. The van der Waals surface area contributed by atoms with Crippen molar-refractivity contribution in [2.75, 3.05) is 44.1 Å². The molecule has 28 heavy (non-hydrogen) atoms. The van der Waals surface area contributed by atoms with Crippen molar-refractivity contribution in [1.82, 2.24) is 9.80 Å². The number of benzene rings is 2. The normalized spacial score (nSPS) is 17.6. The van der Waals surface area contributed by atoms with Crippen LogP contribution in [-0.4, -0.2) is 63.9 Å². The summed E-state index contributed by atoms with van der Waals surface area (Å²) in [6.07, 6.45) is 0.589. The van der Waals surface area contributed by atoms with Crippen LogP contribution in [0.1, 0.15) is 15.9 Å². The Kier molecular flexibility index (Phi) is 5.07. The van der Waals surface area contributed by atoms with Gasteiger partial charge in [0.1, 0.15) is 0 Å². The van der Waals surface area contributed by atoms with Gasteiger partial charge in [0.25, 0.3) is 15.9 Å². The van der Waals surface area contributed by atoms with E-state index in [-0.39, 0.29) is 10.8 Å². The highest BCUT2D eigenvalue weighted by atomic mass is 35.5. The van der Waals surface area contributed by atoms with Gasteiger partial charge in [-0.3, -0.25) is 9.10 Å². The molecule has 8 heteroatoms.